The second kappa shape index (κ2) is 12.3. The van der Waals surface area contributed by atoms with Crippen molar-refractivity contribution in [3.05, 3.63) is 70.5 Å². The van der Waals surface area contributed by atoms with Gasteiger partial charge in [0.15, 0.2) is 17.7 Å². The summed E-state index contributed by atoms with van der Waals surface area (Å²) in [5, 5.41) is 4.85. The number of hydrazone groups is 1. The first-order valence-corrected chi connectivity index (χ1v) is 10.3. The van der Waals surface area contributed by atoms with E-state index in [4.69, 9.17) is 10.5 Å². The minimum absolute atomic E-state index is 0. The summed E-state index contributed by atoms with van der Waals surface area (Å²) in [4.78, 5) is 36.6. The average Bonchev–Trinajstić information content (AvgIpc) is 3.31. The molecule has 0 spiro atoms. The molecule has 8 nitrogen and oxygen atoms in total. The Labute approximate surface area is 205 Å². The largest absolute Gasteiger partial charge is 0.465 e. The maximum Gasteiger partial charge on any atom is 0.337 e. The van der Waals surface area contributed by atoms with Crippen LogP contribution in [0.5, 0.6) is 0 Å². The van der Waals surface area contributed by atoms with Crippen molar-refractivity contribution in [2.75, 3.05) is 7.11 Å². The highest BCUT2D eigenvalue weighted by molar-refractivity contribution is 5.90. The minimum atomic E-state index is -1.32. The summed E-state index contributed by atoms with van der Waals surface area (Å²) in [5.74, 6) is -5.30. The molecule has 0 aliphatic carbocycles. The van der Waals surface area contributed by atoms with E-state index in [0.717, 1.165) is 5.01 Å². The number of esters is 2. The number of hydrogen-bond acceptors (Lipinski definition) is 7. The van der Waals surface area contributed by atoms with Gasteiger partial charge >= 0.3 is 11.9 Å². The van der Waals surface area contributed by atoms with Crippen LogP contribution >= 0.6 is 12.4 Å². The zero-order chi connectivity index (χ0) is 24.8. The van der Waals surface area contributed by atoms with Gasteiger partial charge in [0.05, 0.1) is 12.7 Å². The Morgan fingerprint density at radius 3 is 2.43 bits per heavy atom. The van der Waals surface area contributed by atoms with Gasteiger partial charge in [0.1, 0.15) is 12.4 Å². The minimum Gasteiger partial charge on any atom is -0.465 e. The number of halogens is 4. The summed E-state index contributed by atoms with van der Waals surface area (Å²) >= 11 is 0. The van der Waals surface area contributed by atoms with E-state index < -0.39 is 47.4 Å². The number of nitrogens with zero attached hydrogens (tertiary/aromatic N) is 2. The van der Waals surface area contributed by atoms with Crippen LogP contribution in [0.4, 0.5) is 13.2 Å². The lowest BCUT2D eigenvalue weighted by Gasteiger charge is -2.22. The summed E-state index contributed by atoms with van der Waals surface area (Å²) < 4.78 is 50.2. The van der Waals surface area contributed by atoms with Crippen LogP contribution in [0.25, 0.3) is 0 Å². The second-order valence-electron chi connectivity index (χ2n) is 7.61. The zero-order valence-corrected chi connectivity index (χ0v) is 19.4. The SMILES string of the molecule is COC(=O)c1ccc(COC(=O)C2CC=NN2C(=O)C[C@H](N)Cc2cc(F)c(F)cc2F)cc1.Cl. The van der Waals surface area contributed by atoms with E-state index in [0.29, 0.717) is 23.3 Å². The van der Waals surface area contributed by atoms with Crippen LogP contribution in [-0.2, 0) is 32.1 Å². The van der Waals surface area contributed by atoms with Crippen molar-refractivity contribution in [3.63, 3.8) is 0 Å². The van der Waals surface area contributed by atoms with E-state index in [1.165, 1.54) is 25.5 Å². The molecule has 12 heteroatoms. The van der Waals surface area contributed by atoms with Crippen molar-refractivity contribution in [3.8, 4) is 0 Å². The summed E-state index contributed by atoms with van der Waals surface area (Å²) in [6, 6.07) is 5.46. The fourth-order valence-corrected chi connectivity index (χ4v) is 3.35. The summed E-state index contributed by atoms with van der Waals surface area (Å²) in [6.45, 7) is -0.0895. The molecule has 2 aromatic rings. The van der Waals surface area contributed by atoms with E-state index in [9.17, 15) is 27.6 Å². The van der Waals surface area contributed by atoms with Crippen LogP contribution in [-0.4, -0.2) is 48.3 Å². The Balaban J connectivity index is 0.00000432. The highest BCUT2D eigenvalue weighted by Crippen LogP contribution is 2.19. The fourth-order valence-electron chi connectivity index (χ4n) is 3.35. The van der Waals surface area contributed by atoms with Gasteiger partial charge in [-0.1, -0.05) is 12.1 Å². The number of carbonyl (C=O) groups excluding carboxylic acids is 3. The first kappa shape index (κ1) is 27.8. The molecule has 1 aliphatic rings. The standard InChI is InChI=1S/C23H22F3N3O5.ClH/c1-33-22(31)14-4-2-13(3-5-14)12-34-23(32)20-6-7-28-29(20)21(30)10-16(27)8-15-9-18(25)19(26)11-17(15)24;/h2-5,7,9,11,16,20H,6,8,10,12,27H2,1H3;1H/t16-,20?;/m1./s1. The molecule has 2 N–H and O–H groups in total. The normalized spacial score (nSPS) is 15.3. The number of benzene rings is 2. The molecule has 0 saturated carbocycles. The molecule has 1 heterocycles. The zero-order valence-electron chi connectivity index (χ0n) is 18.6. The molecule has 3 rings (SSSR count). The van der Waals surface area contributed by atoms with Crippen molar-refractivity contribution in [2.24, 2.45) is 10.8 Å². The molecule has 188 valence electrons. The van der Waals surface area contributed by atoms with Crippen LogP contribution < -0.4 is 5.73 Å². The topological polar surface area (TPSA) is 111 Å². The summed E-state index contributed by atoms with van der Waals surface area (Å²) in [5.41, 5.74) is 6.70. The van der Waals surface area contributed by atoms with Gasteiger partial charge in [-0.25, -0.2) is 27.8 Å². The van der Waals surface area contributed by atoms with Crippen LogP contribution in [0.1, 0.15) is 34.3 Å². The number of ether oxygens (including phenoxy) is 2. The number of carbonyl (C=O) groups is 3. The third-order valence-corrected chi connectivity index (χ3v) is 5.12. The number of amides is 1. The van der Waals surface area contributed by atoms with Gasteiger partial charge in [0.25, 0.3) is 0 Å². The summed E-state index contributed by atoms with van der Waals surface area (Å²) in [7, 11) is 1.27. The lowest BCUT2D eigenvalue weighted by molar-refractivity contribution is -0.155. The maximum absolute atomic E-state index is 13.8. The van der Waals surface area contributed by atoms with E-state index in [1.54, 1.807) is 12.1 Å². The van der Waals surface area contributed by atoms with Crippen LogP contribution in [0.3, 0.4) is 0 Å². The number of rotatable bonds is 8. The van der Waals surface area contributed by atoms with Crippen molar-refractivity contribution in [2.45, 2.75) is 38.0 Å². The van der Waals surface area contributed by atoms with Gasteiger partial charge < -0.3 is 15.2 Å². The first-order chi connectivity index (χ1) is 16.2. The third kappa shape index (κ3) is 7.03. The molecular weight excluding hydrogens is 491 g/mol. The lowest BCUT2D eigenvalue weighted by Crippen LogP contribution is -2.42. The highest BCUT2D eigenvalue weighted by atomic mass is 35.5. The van der Waals surface area contributed by atoms with Gasteiger partial charge in [-0.15, -0.1) is 12.4 Å². The number of hydrogen-bond donors (Lipinski definition) is 1. The Bertz CT molecular complexity index is 1110. The third-order valence-electron chi connectivity index (χ3n) is 5.12. The van der Waals surface area contributed by atoms with Gasteiger partial charge in [-0.2, -0.15) is 5.10 Å². The molecule has 0 bridgehead atoms. The molecule has 0 aromatic heterocycles. The molecule has 1 amide bonds. The van der Waals surface area contributed by atoms with E-state index in [-0.39, 0.29) is 43.8 Å². The quantitative estimate of drug-likeness (QED) is 0.429. The van der Waals surface area contributed by atoms with Crippen LogP contribution in [0.2, 0.25) is 0 Å². The second-order valence-corrected chi connectivity index (χ2v) is 7.61. The molecular formula is C23H23ClF3N3O5. The van der Waals surface area contributed by atoms with Gasteiger partial charge in [0, 0.05) is 31.2 Å². The highest BCUT2D eigenvalue weighted by Gasteiger charge is 2.34. The summed E-state index contributed by atoms with van der Waals surface area (Å²) in [6.07, 6.45) is 0.992. The van der Waals surface area contributed by atoms with Crippen molar-refractivity contribution < 1.29 is 37.0 Å². The number of nitrogens with two attached hydrogens (primary N) is 1. The molecule has 0 fully saturated rings. The Hall–Kier alpha value is -3.44. The van der Waals surface area contributed by atoms with Crippen molar-refractivity contribution in [1.82, 2.24) is 5.01 Å². The predicted octanol–water partition coefficient (Wildman–Crippen LogP) is 2.90. The molecule has 0 radical (unpaired) electrons. The van der Waals surface area contributed by atoms with Crippen LogP contribution in [0, 0.1) is 17.5 Å². The van der Waals surface area contributed by atoms with E-state index in [2.05, 4.69) is 9.84 Å². The van der Waals surface area contributed by atoms with E-state index >= 15 is 0 Å². The predicted molar refractivity (Wildman–Crippen MR) is 121 cm³/mol. The maximum atomic E-state index is 13.8. The monoisotopic (exact) mass is 513 g/mol. The van der Waals surface area contributed by atoms with Gasteiger partial charge in [0.2, 0.25) is 5.91 Å². The van der Waals surface area contributed by atoms with Gasteiger partial charge in [-0.3, -0.25) is 4.79 Å². The van der Waals surface area contributed by atoms with Gasteiger partial charge in [-0.05, 0) is 35.7 Å². The fraction of sp³-hybridized carbons (Fsp3) is 0.304. The smallest absolute Gasteiger partial charge is 0.337 e. The molecule has 2 atom stereocenters. The Kier molecular flexibility index (Phi) is 9.78. The van der Waals surface area contributed by atoms with Crippen molar-refractivity contribution in [1.29, 1.82) is 0 Å². The molecule has 0 saturated heterocycles. The molecule has 1 aliphatic heterocycles. The molecule has 1 unspecified atom stereocenters. The number of methoxy groups -OCH3 is 1. The first-order valence-electron chi connectivity index (χ1n) is 10.3. The van der Waals surface area contributed by atoms with E-state index in [1.807, 2.05) is 0 Å². The lowest BCUT2D eigenvalue weighted by atomic mass is 10.0. The average molecular weight is 514 g/mol. The van der Waals surface area contributed by atoms with Crippen molar-refractivity contribution >= 4 is 36.5 Å². The Morgan fingerprint density at radius 2 is 1.77 bits per heavy atom. The molecule has 35 heavy (non-hydrogen) atoms. The Morgan fingerprint density at radius 1 is 1.11 bits per heavy atom. The molecule has 2 aromatic carbocycles. The van der Waals surface area contributed by atoms with Crippen LogP contribution in [0.15, 0.2) is 41.5 Å².